The van der Waals surface area contributed by atoms with Crippen molar-refractivity contribution >= 4 is 35.5 Å². The van der Waals surface area contributed by atoms with Crippen LogP contribution in [0.5, 0.6) is 0 Å². The van der Waals surface area contributed by atoms with E-state index in [-0.39, 0.29) is 25.7 Å². The molecular formula is C18H32N6O8. The Labute approximate surface area is 184 Å². The number of carbonyl (C=O) groups is 6. The Morgan fingerprint density at radius 2 is 1.25 bits per heavy atom. The third-order valence-electron chi connectivity index (χ3n) is 4.40. The summed E-state index contributed by atoms with van der Waals surface area (Å²) in [5, 5.41) is 25.4. The monoisotopic (exact) mass is 460 g/mol. The second kappa shape index (κ2) is 13.9. The summed E-state index contributed by atoms with van der Waals surface area (Å²) in [4.78, 5) is 70.3. The zero-order chi connectivity index (χ0) is 25.0. The number of nitrogens with one attached hydrogen (secondary N) is 3. The molecule has 4 unspecified atom stereocenters. The van der Waals surface area contributed by atoms with Gasteiger partial charge in [-0.2, -0.15) is 0 Å². The number of carboxylic acid groups (broad SMARTS) is 1. The van der Waals surface area contributed by atoms with E-state index in [1.807, 2.05) is 0 Å². The molecule has 0 aliphatic rings. The fourth-order valence-electron chi connectivity index (χ4n) is 2.50. The summed E-state index contributed by atoms with van der Waals surface area (Å²) in [7, 11) is 0. The minimum atomic E-state index is -1.53. The van der Waals surface area contributed by atoms with Gasteiger partial charge in [0.25, 0.3) is 0 Å². The van der Waals surface area contributed by atoms with E-state index in [9.17, 15) is 39.0 Å². The van der Waals surface area contributed by atoms with Gasteiger partial charge in [-0.3, -0.25) is 24.0 Å². The Morgan fingerprint density at radius 3 is 1.69 bits per heavy atom. The van der Waals surface area contributed by atoms with E-state index in [2.05, 4.69) is 16.0 Å². The number of hydrogen-bond donors (Lipinski definition) is 8. The van der Waals surface area contributed by atoms with Crippen LogP contribution < -0.4 is 33.2 Å². The van der Waals surface area contributed by atoms with Crippen LogP contribution in [0.2, 0.25) is 0 Å². The average molecular weight is 460 g/mol. The fourth-order valence-corrected chi connectivity index (χ4v) is 2.50. The highest BCUT2D eigenvalue weighted by molar-refractivity contribution is 5.94. The van der Waals surface area contributed by atoms with E-state index < -0.39 is 72.2 Å². The zero-order valence-corrected chi connectivity index (χ0v) is 18.0. The molecule has 5 amide bonds. The molecule has 0 heterocycles. The van der Waals surface area contributed by atoms with Gasteiger partial charge in [-0.05, 0) is 18.8 Å². The molecule has 0 aliphatic carbocycles. The summed E-state index contributed by atoms with van der Waals surface area (Å²) >= 11 is 0. The highest BCUT2D eigenvalue weighted by Crippen LogP contribution is 2.04. The minimum absolute atomic E-state index is 0.0845. The number of nitrogens with two attached hydrogens (primary N) is 3. The van der Waals surface area contributed by atoms with Crippen molar-refractivity contribution in [3.63, 3.8) is 0 Å². The van der Waals surface area contributed by atoms with E-state index in [0.717, 1.165) is 0 Å². The number of hydrogen-bond acceptors (Lipinski definition) is 8. The predicted octanol–water partition coefficient (Wildman–Crippen LogP) is -3.97. The summed E-state index contributed by atoms with van der Waals surface area (Å²) < 4.78 is 0. The molecule has 0 aliphatic heterocycles. The Kier molecular flexibility index (Phi) is 12.5. The van der Waals surface area contributed by atoms with Crippen molar-refractivity contribution in [3.05, 3.63) is 0 Å². The average Bonchev–Trinajstić information content (AvgIpc) is 2.69. The summed E-state index contributed by atoms with van der Waals surface area (Å²) in [6, 6.07) is -5.32. The Morgan fingerprint density at radius 1 is 0.781 bits per heavy atom. The molecule has 182 valence electrons. The molecule has 0 aromatic rings. The molecular weight excluding hydrogens is 428 g/mol. The molecule has 14 heteroatoms. The Hall–Kier alpha value is -3.26. The molecule has 0 aromatic heterocycles. The first-order chi connectivity index (χ1) is 14.8. The number of amides is 5. The van der Waals surface area contributed by atoms with Crippen LogP contribution >= 0.6 is 0 Å². The van der Waals surface area contributed by atoms with Crippen LogP contribution in [0.15, 0.2) is 0 Å². The van der Waals surface area contributed by atoms with E-state index in [0.29, 0.717) is 0 Å². The van der Waals surface area contributed by atoms with Gasteiger partial charge in [0.1, 0.15) is 18.1 Å². The number of primary amides is 2. The zero-order valence-electron chi connectivity index (χ0n) is 18.0. The fraction of sp³-hybridized carbons (Fsp3) is 0.667. The number of aliphatic hydroxyl groups is 1. The largest absolute Gasteiger partial charge is 0.480 e. The molecule has 0 radical (unpaired) electrons. The molecule has 0 saturated heterocycles. The summed E-state index contributed by atoms with van der Waals surface area (Å²) in [6.45, 7) is 2.25. The maximum absolute atomic E-state index is 12.6. The Balaban J connectivity index is 5.29. The van der Waals surface area contributed by atoms with Crippen LogP contribution in [-0.2, 0) is 28.8 Å². The quantitative estimate of drug-likeness (QED) is 0.118. The number of carboxylic acids is 1. The van der Waals surface area contributed by atoms with E-state index in [1.54, 1.807) is 13.8 Å². The predicted molar refractivity (Wildman–Crippen MR) is 110 cm³/mol. The summed E-state index contributed by atoms with van der Waals surface area (Å²) in [5.41, 5.74) is 15.7. The number of aliphatic carboxylic acids is 1. The number of carbonyl (C=O) groups excluding carboxylic acids is 5. The van der Waals surface area contributed by atoms with E-state index in [1.165, 1.54) is 0 Å². The normalized spacial score (nSPS) is 14.5. The summed E-state index contributed by atoms with van der Waals surface area (Å²) in [5.74, 6) is -5.91. The van der Waals surface area contributed by atoms with Gasteiger partial charge >= 0.3 is 5.97 Å². The molecule has 0 saturated carbocycles. The molecule has 32 heavy (non-hydrogen) atoms. The lowest BCUT2D eigenvalue weighted by Crippen LogP contribution is -2.58. The van der Waals surface area contributed by atoms with Gasteiger partial charge in [-0.25, -0.2) is 4.79 Å². The SMILES string of the molecule is CC(C)C(NC(=O)C(CO)NC(=O)C(CCC(N)=O)NC(=O)C(N)CCC(N)=O)C(=O)O. The van der Waals surface area contributed by atoms with Crippen molar-refractivity contribution in [3.8, 4) is 0 Å². The first-order valence-electron chi connectivity index (χ1n) is 9.87. The van der Waals surface area contributed by atoms with Crippen LogP contribution in [0, 0.1) is 5.92 Å². The van der Waals surface area contributed by atoms with Crippen LogP contribution in [0.1, 0.15) is 39.5 Å². The topological polar surface area (TPSA) is 257 Å². The lowest BCUT2D eigenvalue weighted by atomic mass is 10.0. The van der Waals surface area contributed by atoms with Crippen molar-refractivity contribution in [1.29, 1.82) is 0 Å². The maximum Gasteiger partial charge on any atom is 0.326 e. The third kappa shape index (κ3) is 10.7. The molecule has 0 aromatic carbocycles. The van der Waals surface area contributed by atoms with Gasteiger partial charge in [0, 0.05) is 12.8 Å². The van der Waals surface area contributed by atoms with Crippen LogP contribution in [0.25, 0.3) is 0 Å². The molecule has 0 spiro atoms. The molecule has 11 N–H and O–H groups in total. The Bertz CT molecular complexity index is 714. The lowest BCUT2D eigenvalue weighted by molar-refractivity contribution is -0.143. The third-order valence-corrected chi connectivity index (χ3v) is 4.40. The van der Waals surface area contributed by atoms with Gasteiger partial charge in [-0.15, -0.1) is 0 Å². The number of aliphatic hydroxyl groups excluding tert-OH is 1. The van der Waals surface area contributed by atoms with Crippen molar-refractivity contribution in [2.75, 3.05) is 6.61 Å². The minimum Gasteiger partial charge on any atom is -0.480 e. The first-order valence-corrected chi connectivity index (χ1v) is 9.87. The van der Waals surface area contributed by atoms with E-state index in [4.69, 9.17) is 17.2 Å². The molecule has 0 bridgehead atoms. The van der Waals surface area contributed by atoms with E-state index >= 15 is 0 Å². The van der Waals surface area contributed by atoms with Gasteiger partial charge in [0.05, 0.1) is 12.6 Å². The maximum atomic E-state index is 12.6. The van der Waals surface area contributed by atoms with Gasteiger partial charge in [0.15, 0.2) is 0 Å². The van der Waals surface area contributed by atoms with Crippen LogP contribution in [0.4, 0.5) is 0 Å². The number of rotatable bonds is 15. The van der Waals surface area contributed by atoms with Gasteiger partial charge < -0.3 is 43.4 Å². The smallest absolute Gasteiger partial charge is 0.326 e. The summed E-state index contributed by atoms with van der Waals surface area (Å²) in [6.07, 6.45) is -0.781. The molecule has 14 nitrogen and oxygen atoms in total. The van der Waals surface area contributed by atoms with Gasteiger partial charge in [-0.1, -0.05) is 13.8 Å². The van der Waals surface area contributed by atoms with Crippen LogP contribution in [-0.4, -0.2) is 76.5 Å². The second-order valence-electron chi connectivity index (χ2n) is 7.49. The lowest BCUT2D eigenvalue weighted by Gasteiger charge is -2.25. The highest BCUT2D eigenvalue weighted by Gasteiger charge is 2.31. The molecule has 0 fully saturated rings. The highest BCUT2D eigenvalue weighted by atomic mass is 16.4. The van der Waals surface area contributed by atoms with Gasteiger partial charge in [0.2, 0.25) is 29.5 Å². The second-order valence-corrected chi connectivity index (χ2v) is 7.49. The van der Waals surface area contributed by atoms with Crippen molar-refractivity contribution in [2.45, 2.75) is 63.7 Å². The van der Waals surface area contributed by atoms with Crippen molar-refractivity contribution in [1.82, 2.24) is 16.0 Å². The molecule has 0 rings (SSSR count). The first kappa shape index (κ1) is 28.7. The van der Waals surface area contributed by atoms with Crippen LogP contribution in [0.3, 0.4) is 0 Å². The van der Waals surface area contributed by atoms with Crippen molar-refractivity contribution in [2.24, 2.45) is 23.1 Å². The standard InChI is InChI=1S/C18H32N6O8/c1-8(2)14(18(31)32)24-17(30)11(7-25)23-16(29)10(4-6-13(21)27)22-15(28)9(19)3-5-12(20)26/h8-11,14,25H,3-7,19H2,1-2H3,(H2,20,26)(H2,21,27)(H,22,28)(H,23,29)(H,24,30)(H,31,32). The van der Waals surface area contributed by atoms with Crippen molar-refractivity contribution < 1.29 is 39.0 Å². The molecule has 4 atom stereocenters.